The summed E-state index contributed by atoms with van der Waals surface area (Å²) in [6, 6.07) is 3.26. The van der Waals surface area contributed by atoms with Crippen LogP contribution in [0.4, 0.5) is 26.7 Å². The minimum atomic E-state index is -4.99. The minimum Gasteiger partial charge on any atom is -0.436 e. The molecule has 0 aromatic heterocycles. The van der Waals surface area contributed by atoms with Crippen LogP contribution in [0.25, 0.3) is 0 Å². The Labute approximate surface area is 144 Å². The van der Waals surface area contributed by atoms with Crippen LogP contribution in [-0.2, 0) is 9.53 Å². The molecule has 1 saturated heterocycles. The highest BCUT2D eigenvalue weighted by molar-refractivity contribution is 5.84. The summed E-state index contributed by atoms with van der Waals surface area (Å²) in [5.41, 5.74) is 4.65. The fourth-order valence-electron chi connectivity index (χ4n) is 2.77. The molecule has 0 bridgehead atoms. The maximum Gasteiger partial charge on any atom is 0.416 e. The van der Waals surface area contributed by atoms with Crippen molar-refractivity contribution in [3.05, 3.63) is 35.4 Å². The van der Waals surface area contributed by atoms with Crippen LogP contribution in [0.15, 0.2) is 18.2 Å². The van der Waals surface area contributed by atoms with Gasteiger partial charge in [0.2, 0.25) is 0 Å². The van der Waals surface area contributed by atoms with E-state index in [0.717, 1.165) is 6.07 Å². The molecule has 11 heteroatoms. The lowest BCUT2D eigenvalue weighted by Crippen LogP contribution is -2.53. The molecule has 3 atom stereocenters. The molecule has 0 radical (unpaired) electrons. The molecule has 0 aliphatic carbocycles. The van der Waals surface area contributed by atoms with E-state index in [-0.39, 0.29) is 12.0 Å². The van der Waals surface area contributed by atoms with Crippen LogP contribution >= 0.6 is 0 Å². The van der Waals surface area contributed by atoms with Crippen LogP contribution in [0, 0.1) is 11.6 Å². The lowest BCUT2D eigenvalue weighted by atomic mass is 9.88. The molecule has 144 valence electrons. The first-order valence-corrected chi connectivity index (χ1v) is 7.44. The number of benzene rings is 1. The highest BCUT2D eigenvalue weighted by Gasteiger charge is 2.44. The van der Waals surface area contributed by atoms with Gasteiger partial charge in [0.05, 0.1) is 6.54 Å². The number of aliphatic hydroxyl groups is 1. The van der Waals surface area contributed by atoms with Gasteiger partial charge in [-0.2, -0.15) is 13.2 Å². The van der Waals surface area contributed by atoms with Gasteiger partial charge in [0.25, 0.3) is 5.91 Å². The number of hydrogen-bond donors (Lipinski definition) is 2. The molecule has 0 saturated carbocycles. The molecule has 1 heterocycles. The zero-order chi connectivity index (χ0) is 19.6. The van der Waals surface area contributed by atoms with Gasteiger partial charge in [0.1, 0.15) is 0 Å². The van der Waals surface area contributed by atoms with E-state index in [1.165, 1.54) is 12.1 Å². The van der Waals surface area contributed by atoms with Gasteiger partial charge >= 0.3 is 12.3 Å². The SMILES string of the molecule is NC(=O)O[C@H]1C[C@@H](c2cccc(F)c2F)CN(C[C@H](O)C(F)(F)F)C1=O. The molecule has 1 aromatic rings. The zero-order valence-corrected chi connectivity index (χ0v) is 13.2. The monoisotopic (exact) mass is 382 g/mol. The van der Waals surface area contributed by atoms with Gasteiger partial charge in [0, 0.05) is 18.9 Å². The number of carbonyl (C=O) groups is 2. The van der Waals surface area contributed by atoms with Gasteiger partial charge in [-0.05, 0) is 11.6 Å². The van der Waals surface area contributed by atoms with Crippen LogP contribution in [0.3, 0.4) is 0 Å². The highest BCUT2D eigenvalue weighted by Crippen LogP contribution is 2.32. The first-order valence-electron chi connectivity index (χ1n) is 7.44. The summed E-state index contributed by atoms with van der Waals surface area (Å²) in [5.74, 6) is -4.37. The van der Waals surface area contributed by atoms with Crippen molar-refractivity contribution in [2.24, 2.45) is 5.73 Å². The average Bonchev–Trinajstić information content (AvgIpc) is 2.52. The van der Waals surface area contributed by atoms with Crippen molar-refractivity contribution in [3.63, 3.8) is 0 Å². The Hall–Kier alpha value is -2.43. The summed E-state index contributed by atoms with van der Waals surface area (Å²) < 4.78 is 69.8. The Kier molecular flexibility index (Phi) is 5.69. The van der Waals surface area contributed by atoms with E-state index < -0.39 is 61.0 Å². The van der Waals surface area contributed by atoms with E-state index in [9.17, 15) is 36.6 Å². The summed E-state index contributed by atoms with van der Waals surface area (Å²) in [5, 5.41) is 9.19. The fraction of sp³-hybridized carbons (Fsp3) is 0.467. The van der Waals surface area contributed by atoms with Crippen molar-refractivity contribution in [2.75, 3.05) is 13.1 Å². The number of piperidine rings is 1. The summed E-state index contributed by atoms with van der Waals surface area (Å²) in [6.45, 7) is -1.57. The zero-order valence-electron chi connectivity index (χ0n) is 13.2. The third kappa shape index (κ3) is 4.40. The smallest absolute Gasteiger partial charge is 0.416 e. The maximum absolute atomic E-state index is 14.0. The van der Waals surface area contributed by atoms with Crippen molar-refractivity contribution in [2.45, 2.75) is 30.7 Å². The largest absolute Gasteiger partial charge is 0.436 e. The number of amides is 2. The number of ether oxygens (including phenoxy) is 1. The van der Waals surface area contributed by atoms with E-state index in [2.05, 4.69) is 4.74 Å². The Morgan fingerprint density at radius 1 is 1.38 bits per heavy atom. The van der Waals surface area contributed by atoms with E-state index in [4.69, 9.17) is 5.73 Å². The van der Waals surface area contributed by atoms with Crippen LogP contribution < -0.4 is 5.73 Å². The minimum absolute atomic E-state index is 0.193. The highest BCUT2D eigenvalue weighted by atomic mass is 19.4. The number of alkyl halides is 3. The second kappa shape index (κ2) is 7.44. The van der Waals surface area contributed by atoms with Crippen LogP contribution in [0.2, 0.25) is 0 Å². The molecule has 1 aliphatic heterocycles. The number of nitrogens with zero attached hydrogens (tertiary/aromatic N) is 1. The van der Waals surface area contributed by atoms with E-state index in [1.807, 2.05) is 0 Å². The molecule has 1 aromatic carbocycles. The van der Waals surface area contributed by atoms with Gasteiger partial charge in [-0.25, -0.2) is 13.6 Å². The second-order valence-electron chi connectivity index (χ2n) is 5.80. The number of nitrogens with two attached hydrogens (primary N) is 1. The van der Waals surface area contributed by atoms with Crippen molar-refractivity contribution in [3.8, 4) is 0 Å². The predicted octanol–water partition coefficient (Wildman–Crippen LogP) is 1.67. The number of aliphatic hydroxyl groups excluding tert-OH is 1. The molecule has 2 amide bonds. The Balaban J connectivity index is 2.31. The lowest BCUT2D eigenvalue weighted by Gasteiger charge is -2.38. The molecule has 3 N–H and O–H groups in total. The lowest BCUT2D eigenvalue weighted by molar-refractivity contribution is -0.210. The van der Waals surface area contributed by atoms with E-state index in [1.54, 1.807) is 0 Å². The summed E-state index contributed by atoms with van der Waals surface area (Å²) in [4.78, 5) is 23.7. The topological polar surface area (TPSA) is 92.9 Å². The number of carbonyl (C=O) groups excluding carboxylic acids is 2. The van der Waals surface area contributed by atoms with Gasteiger partial charge < -0.3 is 20.5 Å². The standard InChI is InChI=1S/C15H15F5N2O4/c16-9-3-1-2-8(12(9)17)7-4-10(26-14(21)25)13(24)22(5-7)6-11(23)15(18,19)20/h1-3,7,10-11,23H,4-6H2,(H2,21,25)/t7-,10+,11+/m1/s1. The molecule has 26 heavy (non-hydrogen) atoms. The predicted molar refractivity (Wildman–Crippen MR) is 76.8 cm³/mol. The normalized spacial score (nSPS) is 22.2. The fourth-order valence-corrected chi connectivity index (χ4v) is 2.77. The third-order valence-corrected chi connectivity index (χ3v) is 3.98. The number of likely N-dealkylation sites (tertiary alicyclic amines) is 1. The maximum atomic E-state index is 14.0. The summed E-state index contributed by atoms with van der Waals surface area (Å²) >= 11 is 0. The molecule has 1 aliphatic rings. The van der Waals surface area contributed by atoms with E-state index in [0.29, 0.717) is 4.90 Å². The van der Waals surface area contributed by atoms with Crippen LogP contribution in [0.5, 0.6) is 0 Å². The second-order valence-corrected chi connectivity index (χ2v) is 5.80. The molecule has 6 nitrogen and oxygen atoms in total. The van der Waals surface area contributed by atoms with Crippen molar-refractivity contribution < 1.29 is 41.4 Å². The molecule has 2 rings (SSSR count). The molecular weight excluding hydrogens is 367 g/mol. The molecule has 1 fully saturated rings. The third-order valence-electron chi connectivity index (χ3n) is 3.98. The van der Waals surface area contributed by atoms with Gasteiger partial charge in [0.15, 0.2) is 23.8 Å². The molecule has 0 unspecified atom stereocenters. The Morgan fingerprint density at radius 2 is 2.04 bits per heavy atom. The number of halogens is 5. The Bertz CT molecular complexity index is 697. The number of primary amides is 1. The van der Waals surface area contributed by atoms with E-state index >= 15 is 0 Å². The first-order chi connectivity index (χ1) is 12.0. The molecular formula is C15H15F5N2O4. The molecule has 0 spiro atoms. The average molecular weight is 382 g/mol. The van der Waals surface area contributed by atoms with Crippen LogP contribution in [0.1, 0.15) is 17.9 Å². The van der Waals surface area contributed by atoms with Crippen LogP contribution in [-0.4, -0.2) is 53.5 Å². The number of hydrogen-bond acceptors (Lipinski definition) is 4. The summed E-state index contributed by atoms with van der Waals surface area (Å²) in [6.07, 6.45) is -11.1. The van der Waals surface area contributed by atoms with Crippen molar-refractivity contribution in [1.29, 1.82) is 0 Å². The van der Waals surface area contributed by atoms with Gasteiger partial charge in [-0.3, -0.25) is 4.79 Å². The van der Waals surface area contributed by atoms with Gasteiger partial charge in [-0.15, -0.1) is 0 Å². The summed E-state index contributed by atoms with van der Waals surface area (Å²) in [7, 11) is 0. The van der Waals surface area contributed by atoms with Crippen molar-refractivity contribution >= 4 is 12.0 Å². The number of rotatable bonds is 4. The quantitative estimate of drug-likeness (QED) is 0.775. The Morgan fingerprint density at radius 3 is 2.62 bits per heavy atom. The first kappa shape index (κ1) is 19.9. The van der Waals surface area contributed by atoms with Gasteiger partial charge in [-0.1, -0.05) is 12.1 Å². The van der Waals surface area contributed by atoms with Crippen molar-refractivity contribution in [1.82, 2.24) is 4.90 Å². The number of β-amino-alcohol motifs (C(OH)–C–C–N with tert-alkyl or cyclic N) is 1.